The number of hydrazine groups is 1. The molecule has 0 aliphatic rings. The molecule has 0 saturated heterocycles. The van der Waals surface area contributed by atoms with E-state index in [4.69, 9.17) is 5.84 Å². The smallest absolute Gasteiger partial charge is 0.255 e. The summed E-state index contributed by atoms with van der Waals surface area (Å²) in [7, 11) is 0. The monoisotopic (exact) mass is 214 g/mol. The van der Waals surface area contributed by atoms with Crippen molar-refractivity contribution in [1.29, 1.82) is 0 Å². The number of alkyl halides is 2. The summed E-state index contributed by atoms with van der Waals surface area (Å²) in [5, 5.41) is 0. The van der Waals surface area contributed by atoms with Crippen molar-refractivity contribution in [2.75, 3.05) is 0 Å². The molecule has 4 heteroatoms. The van der Waals surface area contributed by atoms with Crippen molar-refractivity contribution >= 4 is 0 Å². The van der Waals surface area contributed by atoms with E-state index in [0.717, 1.165) is 16.7 Å². The molecule has 0 aliphatic carbocycles. The summed E-state index contributed by atoms with van der Waals surface area (Å²) in [5.74, 6) is 5.08. The van der Waals surface area contributed by atoms with Gasteiger partial charge in [0.1, 0.15) is 0 Å². The van der Waals surface area contributed by atoms with E-state index in [-0.39, 0.29) is 6.42 Å². The fourth-order valence-electron chi connectivity index (χ4n) is 1.48. The molecule has 0 radical (unpaired) electrons. The molecule has 0 heterocycles. The number of nitrogens with one attached hydrogen (secondary N) is 1. The number of hydrogen-bond acceptors (Lipinski definition) is 2. The van der Waals surface area contributed by atoms with Gasteiger partial charge in [-0.2, -0.15) is 0 Å². The van der Waals surface area contributed by atoms with Gasteiger partial charge in [-0.3, -0.25) is 11.3 Å². The molecular weight excluding hydrogens is 198 g/mol. The van der Waals surface area contributed by atoms with Crippen LogP contribution in [-0.4, -0.2) is 12.5 Å². The molecule has 84 valence electrons. The highest BCUT2D eigenvalue weighted by Gasteiger charge is 2.19. The molecule has 1 aromatic carbocycles. The van der Waals surface area contributed by atoms with Gasteiger partial charge in [0.05, 0.1) is 6.04 Å². The van der Waals surface area contributed by atoms with Gasteiger partial charge in [0, 0.05) is 0 Å². The number of benzene rings is 1. The third-order valence-electron chi connectivity index (χ3n) is 2.46. The van der Waals surface area contributed by atoms with E-state index in [1.54, 1.807) is 0 Å². The number of hydrogen-bond donors (Lipinski definition) is 2. The van der Waals surface area contributed by atoms with Crippen molar-refractivity contribution < 1.29 is 8.78 Å². The molecule has 0 bridgehead atoms. The standard InChI is InChI=1S/C11H16F2N2/c1-7-3-4-8(2)9(5-7)6-10(15-14)11(12)13/h3-5,10-11,15H,6,14H2,1-2H3. The second kappa shape index (κ2) is 5.19. The molecule has 1 aromatic rings. The van der Waals surface area contributed by atoms with Crippen LogP contribution in [0.25, 0.3) is 0 Å². The molecule has 0 spiro atoms. The third-order valence-corrected chi connectivity index (χ3v) is 2.46. The minimum absolute atomic E-state index is 0.252. The summed E-state index contributed by atoms with van der Waals surface area (Å²) in [4.78, 5) is 0. The summed E-state index contributed by atoms with van der Waals surface area (Å²) >= 11 is 0. The van der Waals surface area contributed by atoms with Crippen molar-refractivity contribution in [3.05, 3.63) is 34.9 Å². The van der Waals surface area contributed by atoms with Crippen molar-refractivity contribution in [2.45, 2.75) is 32.7 Å². The van der Waals surface area contributed by atoms with Crippen LogP contribution in [0.3, 0.4) is 0 Å². The highest BCUT2D eigenvalue weighted by Crippen LogP contribution is 2.15. The first-order valence-electron chi connectivity index (χ1n) is 4.85. The van der Waals surface area contributed by atoms with Crippen LogP contribution in [0.1, 0.15) is 16.7 Å². The zero-order valence-corrected chi connectivity index (χ0v) is 8.93. The highest BCUT2D eigenvalue weighted by atomic mass is 19.3. The lowest BCUT2D eigenvalue weighted by molar-refractivity contribution is 0.0984. The Hall–Kier alpha value is -1.00. The van der Waals surface area contributed by atoms with E-state index in [2.05, 4.69) is 5.43 Å². The van der Waals surface area contributed by atoms with Gasteiger partial charge in [0.15, 0.2) is 0 Å². The van der Waals surface area contributed by atoms with Crippen LogP contribution in [0.5, 0.6) is 0 Å². The van der Waals surface area contributed by atoms with Gasteiger partial charge in [0.25, 0.3) is 6.43 Å². The van der Waals surface area contributed by atoms with Gasteiger partial charge in [-0.1, -0.05) is 23.8 Å². The summed E-state index contributed by atoms with van der Waals surface area (Å²) < 4.78 is 24.9. The lowest BCUT2D eigenvalue weighted by Gasteiger charge is -2.16. The summed E-state index contributed by atoms with van der Waals surface area (Å²) in [6.07, 6.45) is -2.20. The molecule has 3 N–H and O–H groups in total. The molecule has 0 amide bonds. The van der Waals surface area contributed by atoms with Crippen molar-refractivity contribution in [1.82, 2.24) is 5.43 Å². The first kappa shape index (κ1) is 12.1. The van der Waals surface area contributed by atoms with Crippen LogP contribution in [-0.2, 0) is 6.42 Å². The number of rotatable bonds is 4. The lowest BCUT2D eigenvalue weighted by Crippen LogP contribution is -2.42. The Labute approximate surface area is 88.4 Å². The van der Waals surface area contributed by atoms with Gasteiger partial charge >= 0.3 is 0 Å². The van der Waals surface area contributed by atoms with Crippen LogP contribution in [0.15, 0.2) is 18.2 Å². The maximum atomic E-state index is 12.5. The van der Waals surface area contributed by atoms with Crippen LogP contribution in [0, 0.1) is 13.8 Å². The average Bonchev–Trinajstić information content (AvgIpc) is 2.18. The number of aryl methyl sites for hydroxylation is 2. The SMILES string of the molecule is Cc1ccc(C)c(CC(NN)C(F)F)c1. The second-order valence-electron chi connectivity index (χ2n) is 3.74. The van der Waals surface area contributed by atoms with Crippen molar-refractivity contribution in [3.8, 4) is 0 Å². The quantitative estimate of drug-likeness (QED) is 0.594. The van der Waals surface area contributed by atoms with Crippen LogP contribution < -0.4 is 11.3 Å². The van der Waals surface area contributed by atoms with Gasteiger partial charge in [0.2, 0.25) is 0 Å². The molecule has 1 unspecified atom stereocenters. The van der Waals surface area contributed by atoms with E-state index in [1.165, 1.54) is 0 Å². The Morgan fingerprint density at radius 3 is 2.53 bits per heavy atom. The molecule has 2 nitrogen and oxygen atoms in total. The molecule has 0 aromatic heterocycles. The molecular formula is C11H16F2N2. The Kier molecular flexibility index (Phi) is 4.17. The topological polar surface area (TPSA) is 38.0 Å². The average molecular weight is 214 g/mol. The molecule has 0 fully saturated rings. The van der Waals surface area contributed by atoms with E-state index < -0.39 is 12.5 Å². The van der Waals surface area contributed by atoms with Gasteiger partial charge in [-0.05, 0) is 31.4 Å². The van der Waals surface area contributed by atoms with Crippen molar-refractivity contribution in [2.24, 2.45) is 5.84 Å². The zero-order valence-electron chi connectivity index (χ0n) is 8.93. The minimum atomic E-state index is -2.45. The fourth-order valence-corrected chi connectivity index (χ4v) is 1.48. The van der Waals surface area contributed by atoms with Gasteiger partial charge in [-0.15, -0.1) is 0 Å². The first-order valence-corrected chi connectivity index (χ1v) is 4.85. The predicted octanol–water partition coefficient (Wildman–Crippen LogP) is 1.94. The summed E-state index contributed by atoms with van der Waals surface area (Å²) in [6, 6.07) is 4.84. The fraction of sp³-hybridized carbons (Fsp3) is 0.455. The van der Waals surface area contributed by atoms with E-state index in [0.29, 0.717) is 0 Å². The van der Waals surface area contributed by atoms with Gasteiger partial charge < -0.3 is 0 Å². The molecule has 0 aliphatic heterocycles. The van der Waals surface area contributed by atoms with E-state index >= 15 is 0 Å². The molecule has 0 saturated carbocycles. The maximum Gasteiger partial charge on any atom is 0.255 e. The molecule has 15 heavy (non-hydrogen) atoms. The Morgan fingerprint density at radius 1 is 1.33 bits per heavy atom. The number of halogens is 2. The van der Waals surface area contributed by atoms with Crippen LogP contribution in [0.4, 0.5) is 8.78 Å². The lowest BCUT2D eigenvalue weighted by atomic mass is 9.99. The van der Waals surface area contributed by atoms with Crippen molar-refractivity contribution in [3.63, 3.8) is 0 Å². The Balaban J connectivity index is 2.82. The second-order valence-corrected chi connectivity index (χ2v) is 3.74. The Bertz CT molecular complexity index is 326. The van der Waals surface area contributed by atoms with E-state index in [9.17, 15) is 8.78 Å². The highest BCUT2D eigenvalue weighted by molar-refractivity contribution is 5.31. The summed E-state index contributed by atoms with van der Waals surface area (Å²) in [5.41, 5.74) is 5.15. The molecule has 1 atom stereocenters. The summed E-state index contributed by atoms with van der Waals surface area (Å²) in [6.45, 7) is 3.85. The molecule has 1 rings (SSSR count). The zero-order chi connectivity index (χ0) is 11.4. The largest absolute Gasteiger partial charge is 0.271 e. The normalized spacial score (nSPS) is 13.2. The third kappa shape index (κ3) is 3.25. The maximum absolute atomic E-state index is 12.5. The Morgan fingerprint density at radius 2 is 2.00 bits per heavy atom. The van der Waals surface area contributed by atoms with Gasteiger partial charge in [-0.25, -0.2) is 8.78 Å². The number of nitrogens with two attached hydrogens (primary N) is 1. The van der Waals surface area contributed by atoms with Crippen LogP contribution in [0.2, 0.25) is 0 Å². The minimum Gasteiger partial charge on any atom is -0.271 e. The van der Waals surface area contributed by atoms with Crippen LogP contribution >= 0.6 is 0 Å². The van der Waals surface area contributed by atoms with E-state index in [1.807, 2.05) is 32.0 Å². The predicted molar refractivity (Wildman–Crippen MR) is 56.7 cm³/mol. The first-order chi connectivity index (χ1) is 7.04.